The number of hydrogen-bond acceptors (Lipinski definition) is 6. The van der Waals surface area contributed by atoms with Crippen molar-refractivity contribution >= 4 is 42.8 Å². The van der Waals surface area contributed by atoms with E-state index < -0.39 is 42.4 Å². The molecule has 5 atom stereocenters. The van der Waals surface area contributed by atoms with Crippen LogP contribution in [0.3, 0.4) is 0 Å². The van der Waals surface area contributed by atoms with E-state index in [-0.39, 0.29) is 51.4 Å². The molecule has 0 amide bonds. The number of ketones is 1. The van der Waals surface area contributed by atoms with E-state index in [4.69, 9.17) is 13.3 Å². The lowest BCUT2D eigenvalue weighted by atomic mass is 9.71. The molecule has 0 saturated carbocycles. The number of aliphatic carboxylic acids is 1. The topological polar surface area (TPSA) is 95.0 Å². The molecule has 0 radical (unpaired) electrons. The number of carboxylic acids is 1. The molecule has 0 aliphatic carbocycles. The van der Waals surface area contributed by atoms with E-state index >= 15 is 4.79 Å². The highest BCUT2D eigenvalue weighted by Crippen LogP contribution is 2.45. The zero-order valence-electron chi connectivity index (χ0n) is 41.2. The van der Waals surface area contributed by atoms with Gasteiger partial charge in [-0.1, -0.05) is 114 Å². The zero-order valence-corrected chi connectivity index (χ0v) is 44.2. The minimum Gasteiger partial charge on any atom is -0.481 e. The van der Waals surface area contributed by atoms with E-state index in [1.165, 1.54) is 11.1 Å². The fraction of sp³-hybridized carbons (Fsp3) is 0.771. The highest BCUT2D eigenvalue weighted by atomic mass is 28.4. The van der Waals surface area contributed by atoms with Crippen LogP contribution in [-0.4, -0.2) is 65.1 Å². The van der Waals surface area contributed by atoms with Crippen LogP contribution in [0, 0.1) is 17.3 Å². The van der Waals surface area contributed by atoms with Crippen LogP contribution in [0.1, 0.15) is 154 Å². The molecule has 0 unspecified atom stereocenters. The quantitative estimate of drug-likeness (QED) is 0.0865. The molecule has 1 rings (SSSR count). The fourth-order valence-corrected chi connectivity index (χ4v) is 10.8. The average Bonchev–Trinajstić information content (AvgIpc) is 3.06. The van der Waals surface area contributed by atoms with Gasteiger partial charge < -0.3 is 18.4 Å². The van der Waals surface area contributed by atoms with Crippen molar-refractivity contribution in [2.45, 2.75) is 222 Å². The van der Waals surface area contributed by atoms with Crippen LogP contribution in [-0.2, 0) is 22.9 Å². The standard InChI is InChI=1S/C48H89NO6Si3/c1-22-26-39(44(52)48(14,15)41(34-42(50)51)54-57(18,19)46(8,9)10)43(55-58(20,21)47(11,12)13)36(3)28-25-27-35(2)30-31-40(53-56(16,17)45(5,6)7)37(4)33-38-29-23-24-32-49-38/h23-24,29-30,32-33,36,39-41,43H,22,25-28,31,34H2,1-21H3,(H,50,51)/t36-,39+,40-,41-,43-/m0/s1. The Hall–Kier alpha value is -1.70. The number of aromatic nitrogens is 1. The van der Waals surface area contributed by atoms with Gasteiger partial charge in [-0.3, -0.25) is 14.6 Å². The lowest BCUT2D eigenvalue weighted by Gasteiger charge is -2.47. The predicted molar refractivity (Wildman–Crippen MR) is 255 cm³/mol. The number of allylic oxidation sites excluding steroid dienone is 1. The van der Waals surface area contributed by atoms with Gasteiger partial charge in [-0.05, 0) is 130 Å². The molecule has 0 aromatic carbocycles. The summed E-state index contributed by atoms with van der Waals surface area (Å²) >= 11 is 0. The molecule has 0 bridgehead atoms. The van der Waals surface area contributed by atoms with Crippen LogP contribution in [0.4, 0.5) is 0 Å². The second kappa shape index (κ2) is 21.4. The minimum atomic E-state index is -2.40. The maximum absolute atomic E-state index is 15.1. The Morgan fingerprint density at radius 1 is 0.793 bits per heavy atom. The Morgan fingerprint density at radius 2 is 1.31 bits per heavy atom. The Morgan fingerprint density at radius 3 is 1.78 bits per heavy atom. The van der Waals surface area contributed by atoms with Crippen molar-refractivity contribution < 1.29 is 28.0 Å². The molecule has 0 spiro atoms. The molecule has 7 nitrogen and oxygen atoms in total. The summed E-state index contributed by atoms with van der Waals surface area (Å²) in [6, 6.07) is 6.00. The second-order valence-electron chi connectivity index (χ2n) is 22.5. The van der Waals surface area contributed by atoms with Gasteiger partial charge in [0.2, 0.25) is 0 Å². The Labute approximate surface area is 360 Å². The van der Waals surface area contributed by atoms with Gasteiger partial charge in [0.1, 0.15) is 5.78 Å². The van der Waals surface area contributed by atoms with Crippen molar-refractivity contribution in [2.75, 3.05) is 0 Å². The van der Waals surface area contributed by atoms with Crippen molar-refractivity contribution in [3.8, 4) is 0 Å². The third-order valence-corrected chi connectivity index (χ3v) is 27.3. The molecule has 1 heterocycles. The number of Topliss-reactive ketones (excluding diaryl/α,β-unsaturated/α-hetero) is 1. The summed E-state index contributed by atoms with van der Waals surface area (Å²) in [5.41, 5.74) is 2.44. The van der Waals surface area contributed by atoms with Gasteiger partial charge in [-0.2, -0.15) is 0 Å². The Bertz CT molecular complexity index is 1510. The van der Waals surface area contributed by atoms with E-state index in [9.17, 15) is 9.90 Å². The maximum Gasteiger partial charge on any atom is 0.305 e. The molecule has 334 valence electrons. The number of hydrogen-bond donors (Lipinski definition) is 1. The fourth-order valence-electron chi connectivity index (χ4n) is 6.56. The van der Waals surface area contributed by atoms with Gasteiger partial charge in [-0.25, -0.2) is 0 Å². The molecule has 0 fully saturated rings. The SMILES string of the molecule is CCC[C@@H](C(=O)C(C)(C)[C@H](CC(=O)O)O[Si](C)(C)C(C)(C)C)[C@@H](O[Si](C)(C)C(C)(C)C)[C@@H](C)CCCC(C)=CC[C@H](O[Si](C)(C)C(C)(C)C)C(C)=Cc1ccccn1. The molecular weight excluding hydrogens is 771 g/mol. The van der Waals surface area contributed by atoms with Crippen LogP contribution in [0.5, 0.6) is 0 Å². The van der Waals surface area contributed by atoms with E-state index in [0.29, 0.717) is 6.42 Å². The van der Waals surface area contributed by atoms with Crippen molar-refractivity contribution in [1.29, 1.82) is 0 Å². The summed E-state index contributed by atoms with van der Waals surface area (Å²) in [5, 5.41) is 10.0. The van der Waals surface area contributed by atoms with Gasteiger partial charge in [0.15, 0.2) is 25.0 Å². The van der Waals surface area contributed by atoms with Crippen LogP contribution >= 0.6 is 0 Å². The first kappa shape index (κ1) is 54.3. The Kier molecular flexibility index (Phi) is 20.0. The normalized spacial score (nSPS) is 17.1. The highest BCUT2D eigenvalue weighted by Gasteiger charge is 2.50. The van der Waals surface area contributed by atoms with E-state index in [1.807, 2.05) is 38.2 Å². The lowest BCUT2D eigenvalue weighted by Crippen LogP contribution is -2.55. The molecule has 0 saturated heterocycles. The van der Waals surface area contributed by atoms with Gasteiger partial charge in [0, 0.05) is 17.5 Å². The maximum atomic E-state index is 15.1. The highest BCUT2D eigenvalue weighted by molar-refractivity contribution is 6.75. The van der Waals surface area contributed by atoms with Gasteiger partial charge in [-0.15, -0.1) is 0 Å². The van der Waals surface area contributed by atoms with Gasteiger partial charge in [0.25, 0.3) is 0 Å². The number of carbonyl (C=O) groups is 2. The van der Waals surface area contributed by atoms with Crippen LogP contribution < -0.4 is 0 Å². The summed E-state index contributed by atoms with van der Waals surface area (Å²) < 4.78 is 21.2. The molecule has 1 aromatic heterocycles. The molecule has 1 N–H and O–H groups in total. The van der Waals surface area contributed by atoms with Crippen LogP contribution in [0.2, 0.25) is 54.4 Å². The summed E-state index contributed by atoms with van der Waals surface area (Å²) in [6.45, 7) is 46.1. The third kappa shape index (κ3) is 16.0. The summed E-state index contributed by atoms with van der Waals surface area (Å²) in [5.74, 6) is -1.13. The largest absolute Gasteiger partial charge is 0.481 e. The van der Waals surface area contributed by atoms with Crippen molar-refractivity contribution in [3.05, 3.63) is 47.3 Å². The molecular formula is C48H89NO6Si3. The van der Waals surface area contributed by atoms with E-state index in [0.717, 1.165) is 37.8 Å². The summed E-state index contributed by atoms with van der Waals surface area (Å²) in [4.78, 5) is 32.0. The first-order valence-corrected chi connectivity index (χ1v) is 30.9. The van der Waals surface area contributed by atoms with Crippen LogP contribution in [0.15, 0.2) is 41.6 Å². The number of pyridine rings is 1. The summed E-state index contributed by atoms with van der Waals surface area (Å²) in [6.07, 6.45) is 10.3. The first-order valence-electron chi connectivity index (χ1n) is 22.2. The number of carbonyl (C=O) groups excluding carboxylic acids is 1. The van der Waals surface area contributed by atoms with Crippen molar-refractivity contribution in [2.24, 2.45) is 17.3 Å². The Balaban J connectivity index is 3.50. The first-order chi connectivity index (χ1) is 26.1. The second-order valence-corrected chi connectivity index (χ2v) is 36.7. The van der Waals surface area contributed by atoms with Crippen LogP contribution in [0.25, 0.3) is 6.08 Å². The van der Waals surface area contributed by atoms with E-state index in [1.54, 1.807) is 0 Å². The number of nitrogens with zero attached hydrogens (tertiary/aromatic N) is 1. The van der Waals surface area contributed by atoms with Gasteiger partial charge >= 0.3 is 5.97 Å². The smallest absolute Gasteiger partial charge is 0.305 e. The monoisotopic (exact) mass is 860 g/mol. The summed E-state index contributed by atoms with van der Waals surface area (Å²) in [7, 11) is -6.75. The minimum absolute atomic E-state index is 0.0334. The molecule has 0 aliphatic heterocycles. The number of carboxylic acid groups (broad SMARTS) is 1. The number of rotatable bonds is 23. The van der Waals surface area contributed by atoms with Gasteiger partial charge in [0.05, 0.1) is 30.4 Å². The molecule has 0 aliphatic rings. The van der Waals surface area contributed by atoms with E-state index in [2.05, 4.69) is 146 Å². The molecule has 1 aromatic rings. The lowest BCUT2D eigenvalue weighted by molar-refractivity contribution is -0.147. The van der Waals surface area contributed by atoms with Crippen molar-refractivity contribution in [1.82, 2.24) is 4.98 Å². The zero-order chi connectivity index (χ0) is 45.3. The average molecular weight is 860 g/mol. The predicted octanol–water partition coefficient (Wildman–Crippen LogP) is 14.3. The molecule has 10 heteroatoms. The molecule has 58 heavy (non-hydrogen) atoms. The third-order valence-electron chi connectivity index (χ3n) is 13.9. The van der Waals surface area contributed by atoms with Crippen molar-refractivity contribution in [3.63, 3.8) is 0 Å².